The van der Waals surface area contributed by atoms with Crippen molar-refractivity contribution in [2.75, 3.05) is 30.8 Å². The van der Waals surface area contributed by atoms with Gasteiger partial charge in [0.1, 0.15) is 5.25 Å². The van der Waals surface area contributed by atoms with E-state index in [4.69, 9.17) is 0 Å². The third-order valence-electron chi connectivity index (χ3n) is 4.22. The predicted octanol–water partition coefficient (Wildman–Crippen LogP) is 0.847. The topological polar surface area (TPSA) is 79.4 Å². The second kappa shape index (κ2) is 7.09. The molecular weight excluding hydrogens is 302 g/mol. The number of sulfone groups is 1. The Morgan fingerprint density at radius 1 is 1.36 bits per heavy atom. The third kappa shape index (κ3) is 4.43. The third-order valence-corrected chi connectivity index (χ3v) is 5.72. The van der Waals surface area contributed by atoms with Gasteiger partial charge in [0.05, 0.1) is 0 Å². The zero-order valence-electron chi connectivity index (χ0n) is 13.0. The molecule has 1 fully saturated rings. The summed E-state index contributed by atoms with van der Waals surface area (Å²) in [5.74, 6) is -0.00661. The fourth-order valence-corrected chi connectivity index (χ4v) is 3.01. The van der Waals surface area contributed by atoms with Crippen LogP contribution in [0.15, 0.2) is 24.5 Å². The standard InChI is InChI=1S/C15H23N3O3S/c1-12(22(2,20)21)15(19)17-11-13-5-9-18(10-6-13)14-3-7-16-8-4-14/h3-4,7-8,12-13H,5-6,9-11H2,1-2H3,(H,17,19)/t12-/m1/s1. The van der Waals surface area contributed by atoms with Crippen molar-refractivity contribution >= 4 is 21.4 Å². The Balaban J connectivity index is 1.77. The largest absolute Gasteiger partial charge is 0.371 e. The average Bonchev–Trinajstić information content (AvgIpc) is 2.52. The molecule has 0 aliphatic carbocycles. The quantitative estimate of drug-likeness (QED) is 0.868. The van der Waals surface area contributed by atoms with Gasteiger partial charge < -0.3 is 10.2 Å². The highest BCUT2D eigenvalue weighted by molar-refractivity contribution is 7.92. The average molecular weight is 325 g/mol. The van der Waals surface area contributed by atoms with Crippen molar-refractivity contribution in [1.82, 2.24) is 10.3 Å². The first kappa shape index (κ1) is 16.7. The zero-order valence-corrected chi connectivity index (χ0v) is 13.8. The number of hydrogen-bond acceptors (Lipinski definition) is 5. The van der Waals surface area contributed by atoms with E-state index in [0.29, 0.717) is 12.5 Å². The van der Waals surface area contributed by atoms with Crippen molar-refractivity contribution < 1.29 is 13.2 Å². The van der Waals surface area contributed by atoms with E-state index in [2.05, 4.69) is 15.2 Å². The molecule has 0 radical (unpaired) electrons. The van der Waals surface area contributed by atoms with E-state index in [-0.39, 0.29) is 0 Å². The maximum Gasteiger partial charge on any atom is 0.238 e. The minimum absolute atomic E-state index is 0.397. The van der Waals surface area contributed by atoms with E-state index in [1.807, 2.05) is 12.1 Å². The highest BCUT2D eigenvalue weighted by atomic mass is 32.2. The summed E-state index contributed by atoms with van der Waals surface area (Å²) in [6, 6.07) is 3.99. The van der Waals surface area contributed by atoms with E-state index >= 15 is 0 Å². The van der Waals surface area contributed by atoms with Gasteiger partial charge in [0, 0.05) is 44.0 Å². The van der Waals surface area contributed by atoms with Crippen LogP contribution in [0, 0.1) is 5.92 Å². The van der Waals surface area contributed by atoms with Gasteiger partial charge in [-0.1, -0.05) is 0 Å². The lowest BCUT2D eigenvalue weighted by atomic mass is 9.96. The second-order valence-electron chi connectivity index (χ2n) is 5.85. The fourth-order valence-electron chi connectivity index (χ4n) is 2.53. The lowest BCUT2D eigenvalue weighted by Gasteiger charge is -2.33. The van der Waals surface area contributed by atoms with Crippen LogP contribution in [0.25, 0.3) is 0 Å². The Morgan fingerprint density at radius 2 is 1.95 bits per heavy atom. The number of nitrogens with zero attached hydrogens (tertiary/aromatic N) is 2. The van der Waals surface area contributed by atoms with Gasteiger partial charge in [-0.15, -0.1) is 0 Å². The zero-order chi connectivity index (χ0) is 16.2. The number of amides is 1. The van der Waals surface area contributed by atoms with E-state index in [0.717, 1.165) is 32.2 Å². The molecule has 1 aromatic heterocycles. The Hall–Kier alpha value is -1.63. The van der Waals surface area contributed by atoms with Crippen LogP contribution in [0.2, 0.25) is 0 Å². The molecule has 7 heteroatoms. The molecule has 1 atom stereocenters. The highest BCUT2D eigenvalue weighted by Crippen LogP contribution is 2.22. The first-order valence-electron chi connectivity index (χ1n) is 7.49. The minimum atomic E-state index is -3.33. The Bertz CT molecular complexity index is 596. The van der Waals surface area contributed by atoms with Gasteiger partial charge in [-0.3, -0.25) is 9.78 Å². The molecule has 1 aliphatic heterocycles. The molecule has 1 amide bonds. The summed E-state index contributed by atoms with van der Waals surface area (Å²) in [6.07, 6.45) is 6.62. The van der Waals surface area contributed by atoms with Crippen LogP contribution in [0.5, 0.6) is 0 Å². The van der Waals surface area contributed by atoms with Gasteiger partial charge in [0.15, 0.2) is 9.84 Å². The van der Waals surface area contributed by atoms with Crippen LogP contribution in [0.1, 0.15) is 19.8 Å². The van der Waals surface area contributed by atoms with Crippen molar-refractivity contribution in [1.29, 1.82) is 0 Å². The second-order valence-corrected chi connectivity index (χ2v) is 8.22. The number of nitrogens with one attached hydrogen (secondary N) is 1. The summed E-state index contributed by atoms with van der Waals surface area (Å²) < 4.78 is 22.7. The molecule has 1 aromatic rings. The number of carbonyl (C=O) groups excluding carboxylic acids is 1. The van der Waals surface area contributed by atoms with Crippen molar-refractivity contribution in [3.8, 4) is 0 Å². The Kier molecular flexibility index (Phi) is 5.39. The van der Waals surface area contributed by atoms with E-state index in [1.54, 1.807) is 12.4 Å². The molecule has 0 saturated carbocycles. The van der Waals surface area contributed by atoms with Crippen LogP contribution < -0.4 is 10.2 Å². The van der Waals surface area contributed by atoms with Crippen LogP contribution in [-0.4, -0.2) is 50.4 Å². The number of aromatic nitrogens is 1. The summed E-state index contributed by atoms with van der Waals surface area (Å²) >= 11 is 0. The predicted molar refractivity (Wildman–Crippen MR) is 86.5 cm³/mol. The summed E-state index contributed by atoms with van der Waals surface area (Å²) in [7, 11) is -3.33. The molecule has 0 spiro atoms. The van der Waals surface area contributed by atoms with Gasteiger partial charge in [-0.25, -0.2) is 8.42 Å². The molecule has 0 unspecified atom stereocenters. The molecular formula is C15H23N3O3S. The van der Waals surface area contributed by atoms with Crippen LogP contribution in [-0.2, 0) is 14.6 Å². The van der Waals surface area contributed by atoms with Crippen molar-refractivity contribution in [2.45, 2.75) is 25.0 Å². The van der Waals surface area contributed by atoms with Gasteiger partial charge in [0.25, 0.3) is 0 Å². The number of piperidine rings is 1. The number of anilines is 1. The molecule has 0 bridgehead atoms. The van der Waals surface area contributed by atoms with E-state index < -0.39 is 21.0 Å². The van der Waals surface area contributed by atoms with Crippen molar-refractivity contribution in [3.63, 3.8) is 0 Å². The number of pyridine rings is 1. The highest BCUT2D eigenvalue weighted by Gasteiger charge is 2.25. The molecule has 1 saturated heterocycles. The van der Waals surface area contributed by atoms with Crippen molar-refractivity contribution in [3.05, 3.63) is 24.5 Å². The van der Waals surface area contributed by atoms with Crippen molar-refractivity contribution in [2.24, 2.45) is 5.92 Å². The first-order chi connectivity index (χ1) is 10.4. The maximum atomic E-state index is 11.8. The number of rotatable bonds is 5. The SMILES string of the molecule is C[C@H](C(=O)NCC1CCN(c2ccncc2)CC1)S(C)(=O)=O. The Morgan fingerprint density at radius 3 is 2.50 bits per heavy atom. The molecule has 0 aromatic carbocycles. The molecule has 1 N–H and O–H groups in total. The fraction of sp³-hybridized carbons (Fsp3) is 0.600. The van der Waals surface area contributed by atoms with Gasteiger partial charge >= 0.3 is 0 Å². The molecule has 6 nitrogen and oxygen atoms in total. The normalized spacial score (nSPS) is 18.0. The van der Waals surface area contributed by atoms with Gasteiger partial charge in [0.2, 0.25) is 5.91 Å². The van der Waals surface area contributed by atoms with Crippen LogP contribution >= 0.6 is 0 Å². The van der Waals surface area contributed by atoms with Crippen LogP contribution in [0.3, 0.4) is 0 Å². The summed E-state index contributed by atoms with van der Waals surface area (Å²) in [6.45, 7) is 3.85. The number of carbonyl (C=O) groups is 1. The summed E-state index contributed by atoms with van der Waals surface area (Å²) in [5, 5.41) is 1.78. The lowest BCUT2D eigenvalue weighted by Crippen LogP contribution is -2.42. The van der Waals surface area contributed by atoms with Gasteiger partial charge in [-0.05, 0) is 37.8 Å². The first-order valence-corrected chi connectivity index (χ1v) is 9.45. The smallest absolute Gasteiger partial charge is 0.238 e. The molecule has 122 valence electrons. The summed E-state index contributed by atoms with van der Waals surface area (Å²) in [5.41, 5.74) is 1.17. The lowest BCUT2D eigenvalue weighted by molar-refractivity contribution is -0.120. The number of hydrogen-bond donors (Lipinski definition) is 1. The van der Waals surface area contributed by atoms with E-state index in [1.165, 1.54) is 12.6 Å². The molecule has 2 heterocycles. The Labute approximate surface area is 131 Å². The monoisotopic (exact) mass is 325 g/mol. The molecule has 22 heavy (non-hydrogen) atoms. The van der Waals surface area contributed by atoms with Crippen LogP contribution in [0.4, 0.5) is 5.69 Å². The van der Waals surface area contributed by atoms with Gasteiger partial charge in [-0.2, -0.15) is 0 Å². The maximum absolute atomic E-state index is 11.8. The summed E-state index contributed by atoms with van der Waals surface area (Å²) in [4.78, 5) is 18.1. The van der Waals surface area contributed by atoms with E-state index in [9.17, 15) is 13.2 Å². The molecule has 2 rings (SSSR count). The molecule has 1 aliphatic rings. The minimum Gasteiger partial charge on any atom is -0.371 e.